The van der Waals surface area contributed by atoms with Gasteiger partial charge in [-0.1, -0.05) is 18.0 Å². The van der Waals surface area contributed by atoms with Crippen LogP contribution in [0.1, 0.15) is 57.4 Å². The van der Waals surface area contributed by atoms with Crippen LogP contribution in [0, 0.1) is 5.41 Å². The highest BCUT2D eigenvalue weighted by molar-refractivity contribution is 6.32. The van der Waals surface area contributed by atoms with Crippen LogP contribution in [-0.4, -0.2) is 39.8 Å². The van der Waals surface area contributed by atoms with Gasteiger partial charge in [0.15, 0.2) is 5.54 Å². The van der Waals surface area contributed by atoms with Gasteiger partial charge in [0.05, 0.1) is 0 Å². The maximum atomic E-state index is 14.3. The first-order chi connectivity index (χ1) is 17.4. The molecule has 200 valence electrons. The molecule has 2 saturated carbocycles. The summed E-state index contributed by atoms with van der Waals surface area (Å²) in [7, 11) is 0. The van der Waals surface area contributed by atoms with Gasteiger partial charge in [0.1, 0.15) is 12.1 Å². The van der Waals surface area contributed by atoms with Gasteiger partial charge in [-0.05, 0) is 75.1 Å². The normalized spacial score (nSPS) is 19.8. The van der Waals surface area contributed by atoms with Crippen LogP contribution < -0.4 is 15.0 Å². The van der Waals surface area contributed by atoms with Crippen molar-refractivity contribution in [2.45, 2.75) is 75.4 Å². The Bertz CT molecular complexity index is 1100. The predicted octanol–water partition coefficient (Wildman–Crippen LogP) is 5.39. The Morgan fingerprint density at radius 1 is 1.11 bits per heavy atom. The molecule has 0 saturated heterocycles. The average Bonchev–Trinajstić information content (AvgIpc) is 2.84. The van der Waals surface area contributed by atoms with Gasteiger partial charge < -0.3 is 10.1 Å². The van der Waals surface area contributed by atoms with Crippen LogP contribution in [0.3, 0.4) is 0 Å². The van der Waals surface area contributed by atoms with Crippen molar-refractivity contribution < 1.29 is 31.9 Å². The highest BCUT2D eigenvalue weighted by Gasteiger charge is 2.48. The molecule has 1 spiro atoms. The summed E-state index contributed by atoms with van der Waals surface area (Å²) >= 11 is 5.54. The van der Waals surface area contributed by atoms with Crippen LogP contribution in [0.15, 0.2) is 43.0 Å². The molecule has 37 heavy (non-hydrogen) atoms. The number of amides is 2. The molecule has 2 aliphatic rings. The molecule has 4 rings (SSSR count). The van der Waals surface area contributed by atoms with Gasteiger partial charge in [0.25, 0.3) is 17.4 Å². The molecular weight excluding hydrogens is 516 g/mol. The van der Waals surface area contributed by atoms with Crippen LogP contribution >= 0.6 is 11.6 Å². The third kappa shape index (κ3) is 5.81. The van der Waals surface area contributed by atoms with Crippen LogP contribution in [0.5, 0.6) is 5.75 Å². The Morgan fingerprint density at radius 2 is 1.70 bits per heavy atom. The number of anilines is 1. The lowest BCUT2D eigenvalue weighted by molar-refractivity contribution is -0.274. The molecular formula is C25H27ClF4N4O3. The molecule has 2 fully saturated rings. The van der Waals surface area contributed by atoms with E-state index in [1.54, 1.807) is 0 Å². The number of aromatic nitrogens is 2. The van der Waals surface area contributed by atoms with Crippen molar-refractivity contribution >= 4 is 29.1 Å². The van der Waals surface area contributed by atoms with Gasteiger partial charge >= 0.3 is 6.36 Å². The van der Waals surface area contributed by atoms with Crippen LogP contribution in [0.2, 0.25) is 0 Å². The summed E-state index contributed by atoms with van der Waals surface area (Å²) < 4.78 is 56.0. The number of ether oxygens (including phenoxy) is 1. The molecule has 1 N–H and O–H groups in total. The van der Waals surface area contributed by atoms with Gasteiger partial charge in [-0.2, -0.15) is 0 Å². The van der Waals surface area contributed by atoms with Gasteiger partial charge in [-0.15, -0.1) is 13.2 Å². The second-order valence-electron chi connectivity index (χ2n) is 9.82. The summed E-state index contributed by atoms with van der Waals surface area (Å²) in [5.41, 5.74) is -3.95. The summed E-state index contributed by atoms with van der Waals surface area (Å²) in [5.74, 6) is -2.43. The number of hydrogen-bond donors (Lipinski definition) is 1. The lowest BCUT2D eigenvalue weighted by atomic mass is 9.60. The minimum Gasteiger partial charge on any atom is -0.406 e. The molecule has 7 nitrogen and oxygen atoms in total. The van der Waals surface area contributed by atoms with E-state index in [1.807, 2.05) is 0 Å². The fraction of sp³-hybridized carbons (Fsp3) is 0.520. The number of alkyl halides is 5. The standard InChI is InChI=1S/C25H27ClF4N4O3/c1-23(16-13-31-15-32-14-16,22(36)33-17-7-11-24(12-8-17)9-2-10-24)34(21(35)20(26)27)18-3-5-19(6-4-18)37-25(28,29)30/h3-6,13-15,17,20H,2,7-12H2,1H3,(H,33,36)/t20-,23?/m0/s1. The van der Waals surface area contributed by atoms with Crippen molar-refractivity contribution in [3.05, 3.63) is 48.5 Å². The molecule has 1 heterocycles. The Morgan fingerprint density at radius 3 is 2.19 bits per heavy atom. The van der Waals surface area contributed by atoms with Crippen LogP contribution in [0.4, 0.5) is 23.2 Å². The largest absolute Gasteiger partial charge is 0.573 e. The quantitative estimate of drug-likeness (QED) is 0.375. The molecule has 2 atom stereocenters. The van der Waals surface area contributed by atoms with E-state index in [0.29, 0.717) is 5.41 Å². The zero-order chi connectivity index (χ0) is 26.8. The third-order valence-electron chi connectivity index (χ3n) is 7.54. The number of rotatable bonds is 7. The van der Waals surface area contributed by atoms with Crippen molar-refractivity contribution in [2.75, 3.05) is 4.90 Å². The number of hydrogen-bond acceptors (Lipinski definition) is 5. The number of carbonyl (C=O) groups excluding carboxylic acids is 2. The lowest BCUT2D eigenvalue weighted by Crippen LogP contribution is -2.60. The van der Waals surface area contributed by atoms with Gasteiger partial charge in [-0.3, -0.25) is 14.5 Å². The minimum atomic E-state index is -4.93. The molecule has 12 heteroatoms. The van der Waals surface area contributed by atoms with Gasteiger partial charge in [0, 0.05) is 29.7 Å². The van der Waals surface area contributed by atoms with Crippen molar-refractivity contribution in [3.63, 3.8) is 0 Å². The van der Waals surface area contributed by atoms with E-state index in [2.05, 4.69) is 20.0 Å². The Balaban J connectivity index is 1.68. The van der Waals surface area contributed by atoms with Crippen molar-refractivity contribution in [2.24, 2.45) is 5.41 Å². The highest BCUT2D eigenvalue weighted by Crippen LogP contribution is 2.51. The van der Waals surface area contributed by atoms with Crippen molar-refractivity contribution in [3.8, 4) is 5.75 Å². The monoisotopic (exact) mass is 542 g/mol. The molecule has 1 aromatic carbocycles. The zero-order valence-corrected chi connectivity index (χ0v) is 20.9. The molecule has 0 aliphatic heterocycles. The molecule has 0 bridgehead atoms. The zero-order valence-electron chi connectivity index (χ0n) is 20.1. The van der Waals surface area contributed by atoms with Crippen molar-refractivity contribution in [1.29, 1.82) is 0 Å². The van der Waals surface area contributed by atoms with Crippen molar-refractivity contribution in [1.82, 2.24) is 15.3 Å². The Kier molecular flexibility index (Phi) is 7.64. The molecule has 1 unspecified atom stereocenters. The summed E-state index contributed by atoms with van der Waals surface area (Å²) in [6, 6.07) is 4.01. The molecule has 0 radical (unpaired) electrons. The first-order valence-corrected chi connectivity index (χ1v) is 12.4. The smallest absolute Gasteiger partial charge is 0.406 e. The van der Waals surface area contributed by atoms with Gasteiger partial charge in [0.2, 0.25) is 0 Å². The van der Waals surface area contributed by atoms with E-state index >= 15 is 0 Å². The minimum absolute atomic E-state index is 0.0682. The van der Waals surface area contributed by atoms with Crippen LogP contribution in [-0.2, 0) is 15.1 Å². The summed E-state index contributed by atoms with van der Waals surface area (Å²) in [6.45, 7) is 1.40. The van der Waals surface area contributed by atoms with Gasteiger partial charge in [-0.25, -0.2) is 14.4 Å². The molecule has 2 aromatic rings. The second-order valence-corrected chi connectivity index (χ2v) is 10.2. The molecule has 2 aliphatic carbocycles. The SMILES string of the molecule is CC(C(=O)NC1CCC2(CCC2)CC1)(c1cncnc1)N(C(=O)[C@H](F)Cl)c1ccc(OC(F)(F)F)cc1. The second kappa shape index (κ2) is 10.4. The molecule has 2 amide bonds. The van der Waals surface area contributed by atoms with Crippen LogP contribution in [0.25, 0.3) is 0 Å². The predicted molar refractivity (Wildman–Crippen MR) is 127 cm³/mol. The maximum Gasteiger partial charge on any atom is 0.573 e. The summed E-state index contributed by atoms with van der Waals surface area (Å²) in [5, 5.41) is 3.00. The first kappa shape index (κ1) is 27.1. The van der Waals surface area contributed by atoms with E-state index in [0.717, 1.165) is 54.8 Å². The number of nitrogens with zero attached hydrogens (tertiary/aromatic N) is 3. The fourth-order valence-corrected chi connectivity index (χ4v) is 5.39. The third-order valence-corrected chi connectivity index (χ3v) is 7.73. The summed E-state index contributed by atoms with van der Waals surface area (Å²) in [6.07, 6.45) is 6.06. The number of halogens is 5. The average molecular weight is 543 g/mol. The number of benzene rings is 1. The fourth-order valence-electron chi connectivity index (χ4n) is 5.29. The van der Waals surface area contributed by atoms with E-state index in [1.165, 1.54) is 44.9 Å². The highest BCUT2D eigenvalue weighted by atomic mass is 35.5. The Labute approximate surface area is 216 Å². The van der Waals surface area contributed by atoms with E-state index in [-0.39, 0.29) is 17.3 Å². The van der Waals surface area contributed by atoms with E-state index in [4.69, 9.17) is 11.6 Å². The van der Waals surface area contributed by atoms with E-state index < -0.39 is 35.1 Å². The van der Waals surface area contributed by atoms with E-state index in [9.17, 15) is 27.2 Å². The topological polar surface area (TPSA) is 84.4 Å². The number of carbonyl (C=O) groups is 2. The molecule has 1 aromatic heterocycles. The first-order valence-electron chi connectivity index (χ1n) is 12.0. The number of nitrogens with one attached hydrogen (secondary N) is 1. The lowest BCUT2D eigenvalue weighted by Gasteiger charge is -2.48. The Hall–Kier alpha value is -2.95. The maximum absolute atomic E-state index is 14.3. The summed E-state index contributed by atoms with van der Waals surface area (Å²) in [4.78, 5) is 35.7.